The third-order valence-electron chi connectivity index (χ3n) is 2.55. The average Bonchev–Trinajstić information content (AvgIpc) is 2.75. The third kappa shape index (κ3) is 2.52. The molecule has 2 nitrogen and oxygen atoms in total. The third-order valence-corrected chi connectivity index (χ3v) is 4.11. The second-order valence-electron chi connectivity index (χ2n) is 3.85. The van der Waals surface area contributed by atoms with Crippen molar-refractivity contribution in [3.8, 4) is 0 Å². The molecule has 0 aliphatic carbocycles. The molecule has 3 rings (SSSR count). The molecule has 0 atom stereocenters. The number of nitrogens with one attached hydrogen (secondary N) is 1. The van der Waals surface area contributed by atoms with Crippen molar-refractivity contribution in [2.45, 2.75) is 0 Å². The lowest BCUT2D eigenvalue weighted by Gasteiger charge is -2.06. The number of aromatic nitrogens is 1. The quantitative estimate of drug-likeness (QED) is 0.677. The van der Waals surface area contributed by atoms with Crippen LogP contribution in [0.1, 0.15) is 0 Å². The molecule has 0 fully saturated rings. The predicted octanol–water partition coefficient (Wildman–Crippen LogP) is 5.49. The van der Waals surface area contributed by atoms with Crippen LogP contribution in [0.3, 0.4) is 0 Å². The number of anilines is 2. The minimum atomic E-state index is -0.279. The van der Waals surface area contributed by atoms with Gasteiger partial charge in [-0.1, -0.05) is 40.6 Å². The fraction of sp³-hybridized carbons (Fsp3) is 0. The van der Waals surface area contributed by atoms with Crippen LogP contribution in [-0.2, 0) is 0 Å². The molecule has 6 heteroatoms. The highest BCUT2D eigenvalue weighted by atomic mass is 35.5. The van der Waals surface area contributed by atoms with Gasteiger partial charge in [-0.25, -0.2) is 9.37 Å². The van der Waals surface area contributed by atoms with Gasteiger partial charge in [0.2, 0.25) is 0 Å². The van der Waals surface area contributed by atoms with Gasteiger partial charge in [0.25, 0.3) is 0 Å². The molecule has 1 aromatic heterocycles. The Morgan fingerprint density at radius 1 is 1.11 bits per heavy atom. The zero-order chi connectivity index (χ0) is 13.4. The smallest absolute Gasteiger partial charge is 0.188 e. The van der Waals surface area contributed by atoms with E-state index < -0.39 is 0 Å². The summed E-state index contributed by atoms with van der Waals surface area (Å²) in [7, 11) is 0. The molecule has 3 aromatic rings. The summed E-state index contributed by atoms with van der Waals surface area (Å²) in [5.74, 6) is -0.279. The van der Waals surface area contributed by atoms with E-state index in [1.54, 1.807) is 24.3 Å². The van der Waals surface area contributed by atoms with E-state index in [0.29, 0.717) is 20.9 Å². The molecule has 0 amide bonds. The van der Waals surface area contributed by atoms with E-state index in [9.17, 15) is 4.39 Å². The van der Waals surface area contributed by atoms with Gasteiger partial charge in [-0.2, -0.15) is 0 Å². The highest BCUT2D eigenvalue weighted by molar-refractivity contribution is 7.22. The highest BCUT2D eigenvalue weighted by Crippen LogP contribution is 2.35. The predicted molar refractivity (Wildman–Crippen MR) is 79.3 cm³/mol. The van der Waals surface area contributed by atoms with Crippen LogP contribution in [0.4, 0.5) is 15.2 Å². The highest BCUT2D eigenvalue weighted by Gasteiger charge is 2.09. The van der Waals surface area contributed by atoms with Gasteiger partial charge in [-0.15, -0.1) is 0 Å². The van der Waals surface area contributed by atoms with E-state index >= 15 is 0 Å². The maximum absolute atomic E-state index is 13.1. The Labute approximate surface area is 122 Å². The second-order valence-corrected chi connectivity index (χ2v) is 5.70. The topological polar surface area (TPSA) is 24.9 Å². The number of fused-ring (bicyclic) bond motifs is 1. The lowest BCUT2D eigenvalue weighted by molar-refractivity contribution is 0.630. The van der Waals surface area contributed by atoms with Gasteiger partial charge >= 0.3 is 0 Å². The van der Waals surface area contributed by atoms with Crippen LogP contribution in [0.5, 0.6) is 0 Å². The molecule has 96 valence electrons. The molecule has 1 heterocycles. The number of benzene rings is 2. The SMILES string of the molecule is Fc1ccc2nc(Nc3c(Cl)cccc3Cl)sc2c1. The average molecular weight is 313 g/mol. The van der Waals surface area contributed by atoms with Gasteiger partial charge in [0.05, 0.1) is 25.9 Å². The van der Waals surface area contributed by atoms with Crippen molar-refractivity contribution < 1.29 is 4.39 Å². The zero-order valence-corrected chi connectivity index (χ0v) is 11.8. The van der Waals surface area contributed by atoms with E-state index in [0.717, 1.165) is 10.2 Å². The van der Waals surface area contributed by atoms with Crippen LogP contribution in [0.15, 0.2) is 36.4 Å². The second kappa shape index (κ2) is 4.96. The first-order chi connectivity index (χ1) is 9.13. The fourth-order valence-electron chi connectivity index (χ4n) is 1.68. The molecule has 0 radical (unpaired) electrons. The van der Waals surface area contributed by atoms with Crippen LogP contribution in [0, 0.1) is 5.82 Å². The number of hydrogen-bond acceptors (Lipinski definition) is 3. The van der Waals surface area contributed by atoms with Crippen molar-refractivity contribution in [2.75, 3.05) is 5.32 Å². The number of nitrogens with zero attached hydrogens (tertiary/aromatic N) is 1. The summed E-state index contributed by atoms with van der Waals surface area (Å²) < 4.78 is 13.9. The van der Waals surface area contributed by atoms with Gasteiger partial charge in [0.1, 0.15) is 5.82 Å². The van der Waals surface area contributed by atoms with Gasteiger partial charge in [0.15, 0.2) is 5.13 Å². The summed E-state index contributed by atoms with van der Waals surface area (Å²) in [5, 5.41) is 4.72. The van der Waals surface area contributed by atoms with Crippen LogP contribution < -0.4 is 5.32 Å². The first-order valence-electron chi connectivity index (χ1n) is 5.40. The van der Waals surface area contributed by atoms with Crippen molar-refractivity contribution in [3.05, 3.63) is 52.3 Å². The molecule has 0 aliphatic rings. The Kier molecular flexibility index (Phi) is 3.31. The Balaban J connectivity index is 2.01. The van der Waals surface area contributed by atoms with E-state index in [2.05, 4.69) is 10.3 Å². The molecule has 0 spiro atoms. The van der Waals surface area contributed by atoms with Crippen molar-refractivity contribution in [3.63, 3.8) is 0 Å². The van der Waals surface area contributed by atoms with E-state index in [4.69, 9.17) is 23.2 Å². The number of thiazole rings is 1. The number of hydrogen-bond donors (Lipinski definition) is 1. The standard InChI is InChI=1S/C13H7Cl2FN2S/c14-8-2-1-3-9(15)12(8)18-13-17-10-5-4-7(16)6-11(10)19-13/h1-6H,(H,17,18). The lowest BCUT2D eigenvalue weighted by Crippen LogP contribution is -1.91. The molecule has 1 N–H and O–H groups in total. The summed E-state index contributed by atoms with van der Waals surface area (Å²) in [4.78, 5) is 4.35. The van der Waals surface area contributed by atoms with Gasteiger partial charge < -0.3 is 5.32 Å². The molecule has 0 bridgehead atoms. The molecule has 2 aromatic carbocycles. The first kappa shape index (κ1) is 12.7. The van der Waals surface area contributed by atoms with Crippen molar-refractivity contribution in [1.29, 1.82) is 0 Å². The van der Waals surface area contributed by atoms with E-state index in [-0.39, 0.29) is 5.82 Å². The minimum absolute atomic E-state index is 0.279. The monoisotopic (exact) mass is 312 g/mol. The Hall–Kier alpha value is -1.36. The Morgan fingerprint density at radius 2 is 1.84 bits per heavy atom. The summed E-state index contributed by atoms with van der Waals surface area (Å²) >= 11 is 13.5. The van der Waals surface area contributed by atoms with Crippen LogP contribution in [0.2, 0.25) is 10.0 Å². The summed E-state index contributed by atoms with van der Waals surface area (Å²) in [6.45, 7) is 0. The van der Waals surface area contributed by atoms with Crippen molar-refractivity contribution in [1.82, 2.24) is 4.98 Å². The number of halogens is 3. The molecule has 0 unspecified atom stereocenters. The largest absolute Gasteiger partial charge is 0.329 e. The normalized spacial score (nSPS) is 10.9. The Morgan fingerprint density at radius 3 is 2.58 bits per heavy atom. The van der Waals surface area contributed by atoms with Crippen molar-refractivity contribution >= 4 is 55.6 Å². The van der Waals surface area contributed by atoms with E-state index in [1.807, 2.05) is 0 Å². The number of para-hydroxylation sites is 1. The molecular weight excluding hydrogens is 306 g/mol. The first-order valence-corrected chi connectivity index (χ1v) is 6.98. The van der Waals surface area contributed by atoms with Crippen LogP contribution >= 0.6 is 34.5 Å². The van der Waals surface area contributed by atoms with Crippen molar-refractivity contribution in [2.24, 2.45) is 0 Å². The summed E-state index contributed by atoms with van der Waals surface area (Å²) in [5.41, 5.74) is 1.34. The molecule has 0 saturated heterocycles. The van der Waals surface area contributed by atoms with Crippen LogP contribution in [-0.4, -0.2) is 4.98 Å². The zero-order valence-electron chi connectivity index (χ0n) is 9.45. The minimum Gasteiger partial charge on any atom is -0.329 e. The number of rotatable bonds is 2. The lowest BCUT2D eigenvalue weighted by atomic mass is 10.3. The van der Waals surface area contributed by atoms with E-state index in [1.165, 1.54) is 23.5 Å². The Bertz CT molecular complexity index is 737. The van der Waals surface area contributed by atoms with Gasteiger partial charge in [0, 0.05) is 0 Å². The molecular formula is C13H7Cl2FN2S. The summed E-state index contributed by atoms with van der Waals surface area (Å²) in [6.07, 6.45) is 0. The molecule has 0 aliphatic heterocycles. The summed E-state index contributed by atoms with van der Waals surface area (Å²) in [6, 6.07) is 9.72. The maximum atomic E-state index is 13.1. The van der Waals surface area contributed by atoms with Gasteiger partial charge in [-0.05, 0) is 30.3 Å². The maximum Gasteiger partial charge on any atom is 0.188 e. The molecule has 0 saturated carbocycles. The van der Waals surface area contributed by atoms with Crippen LogP contribution in [0.25, 0.3) is 10.2 Å². The van der Waals surface area contributed by atoms with Gasteiger partial charge in [-0.3, -0.25) is 0 Å². The fourth-order valence-corrected chi connectivity index (χ4v) is 3.06. The molecule has 19 heavy (non-hydrogen) atoms.